The first-order valence-corrected chi connectivity index (χ1v) is 8.71. The number of benzene rings is 2. The van der Waals surface area contributed by atoms with Gasteiger partial charge in [-0.1, -0.05) is 41.1 Å². The highest BCUT2D eigenvalue weighted by Crippen LogP contribution is 2.15. The maximum atomic E-state index is 12.6. The van der Waals surface area contributed by atoms with E-state index in [2.05, 4.69) is 21.2 Å². The van der Waals surface area contributed by atoms with Crippen LogP contribution in [0.15, 0.2) is 53.0 Å². The molecule has 0 spiro atoms. The molecule has 0 aliphatic rings. The maximum Gasteiger partial charge on any atom is 0.254 e. The van der Waals surface area contributed by atoms with Gasteiger partial charge in [0.1, 0.15) is 6.54 Å². The van der Waals surface area contributed by atoms with Gasteiger partial charge in [0.2, 0.25) is 5.91 Å². The highest BCUT2D eigenvalue weighted by Gasteiger charge is 2.18. The van der Waals surface area contributed by atoms with Gasteiger partial charge in [0.15, 0.2) is 0 Å². The maximum absolute atomic E-state index is 12.6. The van der Waals surface area contributed by atoms with E-state index in [1.54, 1.807) is 17.0 Å². The van der Waals surface area contributed by atoms with Crippen molar-refractivity contribution in [1.82, 2.24) is 4.90 Å². The number of anilines is 1. The molecule has 0 aliphatic heterocycles. The summed E-state index contributed by atoms with van der Waals surface area (Å²) < 4.78 is 0.915. The molecule has 0 saturated heterocycles. The summed E-state index contributed by atoms with van der Waals surface area (Å²) in [5.41, 5.74) is 2.34. The number of hydrogen-bond acceptors (Lipinski definition) is 2. The summed E-state index contributed by atoms with van der Waals surface area (Å²) in [4.78, 5) is 26.5. The minimum Gasteiger partial charge on any atom is -0.329 e. The lowest BCUT2D eigenvalue weighted by Crippen LogP contribution is -2.38. The number of amides is 2. The Bertz CT molecular complexity index is 714. The quantitative estimate of drug-likeness (QED) is 0.803. The molecule has 126 valence electrons. The Labute approximate surface area is 151 Å². The summed E-state index contributed by atoms with van der Waals surface area (Å²) in [6.45, 7) is 4.50. The van der Waals surface area contributed by atoms with E-state index in [9.17, 15) is 9.59 Å². The van der Waals surface area contributed by atoms with Crippen LogP contribution >= 0.6 is 15.9 Å². The van der Waals surface area contributed by atoms with E-state index >= 15 is 0 Å². The van der Waals surface area contributed by atoms with Gasteiger partial charge in [-0.3, -0.25) is 9.59 Å². The van der Waals surface area contributed by atoms with Crippen LogP contribution in [0.4, 0.5) is 5.69 Å². The van der Waals surface area contributed by atoms with Crippen LogP contribution in [0.3, 0.4) is 0 Å². The Kier molecular flexibility index (Phi) is 6.55. The number of para-hydroxylation sites is 1. The first-order chi connectivity index (χ1) is 11.5. The van der Waals surface area contributed by atoms with Gasteiger partial charge < -0.3 is 10.2 Å². The van der Waals surface area contributed by atoms with Crippen LogP contribution < -0.4 is 5.32 Å². The van der Waals surface area contributed by atoms with Gasteiger partial charge in [-0.25, -0.2) is 0 Å². The zero-order chi connectivity index (χ0) is 17.5. The fraction of sp³-hybridized carbons (Fsp3) is 0.263. The number of halogens is 1. The molecule has 0 fully saturated rings. The first-order valence-electron chi connectivity index (χ1n) is 7.91. The molecule has 2 aromatic carbocycles. The zero-order valence-electron chi connectivity index (χ0n) is 13.9. The lowest BCUT2D eigenvalue weighted by Gasteiger charge is -2.22. The lowest BCUT2D eigenvalue weighted by molar-refractivity contribution is -0.116. The van der Waals surface area contributed by atoms with Gasteiger partial charge in [-0.15, -0.1) is 0 Å². The smallest absolute Gasteiger partial charge is 0.254 e. The molecule has 2 rings (SSSR count). The second-order valence-corrected chi connectivity index (χ2v) is 6.51. The summed E-state index contributed by atoms with van der Waals surface area (Å²) in [6, 6.07) is 14.8. The summed E-state index contributed by atoms with van der Waals surface area (Å²) in [5, 5.41) is 2.87. The number of carbonyl (C=O) groups is 2. The molecule has 5 heteroatoms. The summed E-state index contributed by atoms with van der Waals surface area (Å²) >= 11 is 3.36. The third-order valence-corrected chi connectivity index (χ3v) is 4.15. The predicted molar refractivity (Wildman–Crippen MR) is 100 cm³/mol. The van der Waals surface area contributed by atoms with Crippen LogP contribution in [0.1, 0.15) is 29.3 Å². The number of hydrogen-bond donors (Lipinski definition) is 1. The van der Waals surface area contributed by atoms with Crippen molar-refractivity contribution in [1.29, 1.82) is 0 Å². The highest BCUT2D eigenvalue weighted by atomic mass is 79.9. The molecule has 0 saturated carbocycles. The normalized spacial score (nSPS) is 10.3. The molecule has 0 heterocycles. The van der Waals surface area contributed by atoms with Crippen molar-refractivity contribution < 1.29 is 9.59 Å². The molecule has 24 heavy (non-hydrogen) atoms. The standard InChI is InChI=1S/C19H21BrN2O2/c1-3-12-22(19(24)15-8-10-16(20)11-9-15)13-18(23)21-17-7-5-4-6-14(17)2/h4-11H,3,12-13H2,1-2H3,(H,21,23). The minimum atomic E-state index is -0.191. The van der Waals surface area contributed by atoms with Gasteiger partial charge in [-0.2, -0.15) is 0 Å². The lowest BCUT2D eigenvalue weighted by atomic mass is 10.2. The van der Waals surface area contributed by atoms with Crippen molar-refractivity contribution in [2.45, 2.75) is 20.3 Å². The monoisotopic (exact) mass is 388 g/mol. The molecule has 0 radical (unpaired) electrons. The Morgan fingerprint density at radius 1 is 1.08 bits per heavy atom. The largest absolute Gasteiger partial charge is 0.329 e. The molecular weight excluding hydrogens is 368 g/mol. The number of nitrogens with one attached hydrogen (secondary N) is 1. The van der Waals surface area contributed by atoms with Gasteiger partial charge in [0.25, 0.3) is 5.91 Å². The van der Waals surface area contributed by atoms with E-state index in [-0.39, 0.29) is 18.4 Å². The second-order valence-electron chi connectivity index (χ2n) is 5.60. The van der Waals surface area contributed by atoms with Gasteiger partial charge in [-0.05, 0) is 49.2 Å². The summed E-state index contributed by atoms with van der Waals surface area (Å²) in [7, 11) is 0. The molecule has 0 atom stereocenters. The minimum absolute atomic E-state index is 0.0388. The van der Waals surface area contributed by atoms with Crippen molar-refractivity contribution in [3.05, 3.63) is 64.1 Å². The van der Waals surface area contributed by atoms with Gasteiger partial charge >= 0.3 is 0 Å². The average molecular weight is 389 g/mol. The first kappa shape index (κ1) is 18.2. The molecular formula is C19H21BrN2O2. The van der Waals surface area contributed by atoms with Crippen LogP contribution in [0, 0.1) is 6.92 Å². The molecule has 4 nitrogen and oxygen atoms in total. The molecule has 0 aliphatic carbocycles. The van der Waals surface area contributed by atoms with Crippen molar-refractivity contribution in [3.8, 4) is 0 Å². The van der Waals surface area contributed by atoms with Gasteiger partial charge in [0.05, 0.1) is 0 Å². The zero-order valence-corrected chi connectivity index (χ0v) is 15.5. The third-order valence-electron chi connectivity index (χ3n) is 3.63. The molecule has 0 aromatic heterocycles. The highest BCUT2D eigenvalue weighted by molar-refractivity contribution is 9.10. The topological polar surface area (TPSA) is 49.4 Å². The van der Waals surface area contributed by atoms with Crippen LogP contribution in [0.2, 0.25) is 0 Å². The van der Waals surface area contributed by atoms with Crippen LogP contribution in [0.5, 0.6) is 0 Å². The van der Waals surface area contributed by atoms with Crippen molar-refractivity contribution in [2.75, 3.05) is 18.4 Å². The molecule has 1 N–H and O–H groups in total. The van der Waals surface area contributed by atoms with E-state index in [1.807, 2.05) is 50.2 Å². The number of nitrogens with zero attached hydrogens (tertiary/aromatic N) is 1. The van der Waals surface area contributed by atoms with Crippen molar-refractivity contribution in [2.24, 2.45) is 0 Å². The van der Waals surface area contributed by atoms with Crippen molar-refractivity contribution >= 4 is 33.4 Å². The molecule has 2 aromatic rings. The van der Waals surface area contributed by atoms with Crippen LogP contribution in [-0.2, 0) is 4.79 Å². The molecule has 2 amide bonds. The number of carbonyl (C=O) groups excluding carboxylic acids is 2. The SMILES string of the molecule is CCCN(CC(=O)Nc1ccccc1C)C(=O)c1ccc(Br)cc1. The number of rotatable bonds is 6. The van der Waals surface area contributed by atoms with E-state index in [4.69, 9.17) is 0 Å². The number of aryl methyl sites for hydroxylation is 1. The Morgan fingerprint density at radius 2 is 1.75 bits per heavy atom. The van der Waals surface area contributed by atoms with Crippen LogP contribution in [-0.4, -0.2) is 29.8 Å². The summed E-state index contributed by atoms with van der Waals surface area (Å²) in [5.74, 6) is -0.326. The van der Waals surface area contributed by atoms with E-state index in [0.29, 0.717) is 12.1 Å². The van der Waals surface area contributed by atoms with E-state index in [1.165, 1.54) is 0 Å². The van der Waals surface area contributed by atoms with E-state index < -0.39 is 0 Å². The predicted octanol–water partition coefficient (Wildman–Crippen LogP) is 4.25. The summed E-state index contributed by atoms with van der Waals surface area (Å²) in [6.07, 6.45) is 0.792. The molecule has 0 bridgehead atoms. The Hall–Kier alpha value is -2.14. The fourth-order valence-electron chi connectivity index (χ4n) is 2.37. The average Bonchev–Trinajstić information content (AvgIpc) is 2.56. The third kappa shape index (κ3) is 4.93. The van der Waals surface area contributed by atoms with E-state index in [0.717, 1.165) is 22.1 Å². The van der Waals surface area contributed by atoms with Crippen LogP contribution in [0.25, 0.3) is 0 Å². The van der Waals surface area contributed by atoms with Gasteiger partial charge in [0, 0.05) is 22.3 Å². The Morgan fingerprint density at radius 3 is 2.38 bits per heavy atom. The molecule has 0 unspecified atom stereocenters. The van der Waals surface area contributed by atoms with Crippen molar-refractivity contribution in [3.63, 3.8) is 0 Å². The Balaban J connectivity index is 2.07. The fourth-order valence-corrected chi connectivity index (χ4v) is 2.64. The second kappa shape index (κ2) is 8.64.